The van der Waals surface area contributed by atoms with Gasteiger partial charge in [-0.15, -0.1) is 0 Å². The van der Waals surface area contributed by atoms with Gasteiger partial charge in [-0.3, -0.25) is 0 Å². The zero-order valence-electron chi connectivity index (χ0n) is 11.9. The Labute approximate surface area is 110 Å². The summed E-state index contributed by atoms with van der Waals surface area (Å²) >= 11 is 0. The molecule has 1 aromatic rings. The number of hydrogen-bond acceptors (Lipinski definition) is 3. The van der Waals surface area contributed by atoms with Crippen LogP contribution in [-0.4, -0.2) is 26.2 Å². The number of methoxy groups -OCH3 is 1. The van der Waals surface area contributed by atoms with E-state index >= 15 is 0 Å². The standard InChI is InChI=1S/C15H24N2O/c1-14(9-10-14)15(2,11-16)17(3)12-5-7-13(18-4)8-6-12/h5-8H,9-11,16H2,1-4H3. The van der Waals surface area contributed by atoms with E-state index in [1.807, 2.05) is 12.1 Å². The molecule has 1 aromatic carbocycles. The van der Waals surface area contributed by atoms with E-state index in [0.717, 1.165) is 5.75 Å². The third kappa shape index (κ3) is 1.97. The van der Waals surface area contributed by atoms with Crippen LogP contribution in [0.4, 0.5) is 5.69 Å². The smallest absolute Gasteiger partial charge is 0.119 e. The second-order valence-electron chi connectivity index (χ2n) is 5.80. The number of anilines is 1. The Morgan fingerprint density at radius 1 is 1.33 bits per heavy atom. The molecule has 3 nitrogen and oxygen atoms in total. The van der Waals surface area contributed by atoms with Crippen molar-refractivity contribution in [3.8, 4) is 5.75 Å². The van der Waals surface area contributed by atoms with E-state index in [4.69, 9.17) is 10.5 Å². The Balaban J connectivity index is 2.25. The van der Waals surface area contributed by atoms with Crippen LogP contribution in [0.3, 0.4) is 0 Å². The summed E-state index contributed by atoms with van der Waals surface area (Å²) in [5, 5.41) is 0. The van der Waals surface area contributed by atoms with Gasteiger partial charge in [0.25, 0.3) is 0 Å². The van der Waals surface area contributed by atoms with Crippen molar-refractivity contribution in [3.63, 3.8) is 0 Å². The maximum Gasteiger partial charge on any atom is 0.119 e. The Morgan fingerprint density at radius 2 is 1.89 bits per heavy atom. The van der Waals surface area contributed by atoms with E-state index in [2.05, 4.69) is 37.9 Å². The lowest BCUT2D eigenvalue weighted by Crippen LogP contribution is -2.55. The second kappa shape index (κ2) is 4.47. The molecular formula is C15H24N2O. The van der Waals surface area contributed by atoms with Crippen molar-refractivity contribution >= 4 is 5.69 Å². The molecule has 1 saturated carbocycles. The molecule has 100 valence electrons. The first kappa shape index (κ1) is 13.2. The van der Waals surface area contributed by atoms with Gasteiger partial charge in [0.05, 0.1) is 12.6 Å². The van der Waals surface area contributed by atoms with E-state index in [1.54, 1.807) is 7.11 Å². The molecule has 1 aliphatic carbocycles. The highest BCUT2D eigenvalue weighted by molar-refractivity contribution is 5.52. The van der Waals surface area contributed by atoms with Crippen LogP contribution in [0.5, 0.6) is 5.75 Å². The Hall–Kier alpha value is -1.22. The molecule has 2 N–H and O–H groups in total. The van der Waals surface area contributed by atoms with Crippen molar-refractivity contribution in [2.75, 3.05) is 25.6 Å². The van der Waals surface area contributed by atoms with Crippen LogP contribution in [0.15, 0.2) is 24.3 Å². The average molecular weight is 248 g/mol. The van der Waals surface area contributed by atoms with Gasteiger partial charge in [0, 0.05) is 19.3 Å². The van der Waals surface area contributed by atoms with Crippen molar-refractivity contribution in [1.29, 1.82) is 0 Å². The molecule has 0 saturated heterocycles. The predicted molar refractivity (Wildman–Crippen MR) is 76.2 cm³/mol. The molecule has 0 aromatic heterocycles. The van der Waals surface area contributed by atoms with Gasteiger partial charge in [0.2, 0.25) is 0 Å². The Morgan fingerprint density at radius 3 is 2.28 bits per heavy atom. The van der Waals surface area contributed by atoms with Gasteiger partial charge < -0.3 is 15.4 Å². The molecule has 0 bridgehead atoms. The number of likely N-dealkylation sites (N-methyl/N-ethyl adjacent to an activating group) is 1. The van der Waals surface area contributed by atoms with Crippen molar-refractivity contribution < 1.29 is 4.74 Å². The number of benzene rings is 1. The lowest BCUT2D eigenvalue weighted by molar-refractivity contribution is 0.289. The van der Waals surface area contributed by atoms with Crippen molar-refractivity contribution in [3.05, 3.63) is 24.3 Å². The molecule has 3 heteroatoms. The third-order valence-corrected chi connectivity index (χ3v) is 4.90. The summed E-state index contributed by atoms with van der Waals surface area (Å²) in [6, 6.07) is 8.19. The van der Waals surface area contributed by atoms with E-state index in [1.165, 1.54) is 18.5 Å². The highest BCUT2D eigenvalue weighted by atomic mass is 16.5. The fourth-order valence-corrected chi connectivity index (χ4v) is 2.61. The summed E-state index contributed by atoms with van der Waals surface area (Å²) < 4.78 is 5.20. The molecule has 0 amide bonds. The fraction of sp³-hybridized carbons (Fsp3) is 0.600. The monoisotopic (exact) mass is 248 g/mol. The van der Waals surface area contributed by atoms with Crippen LogP contribution < -0.4 is 15.4 Å². The molecule has 1 unspecified atom stereocenters. The third-order valence-electron chi connectivity index (χ3n) is 4.90. The van der Waals surface area contributed by atoms with E-state index in [0.29, 0.717) is 12.0 Å². The molecule has 0 spiro atoms. The topological polar surface area (TPSA) is 38.5 Å². The number of nitrogens with zero attached hydrogens (tertiary/aromatic N) is 1. The van der Waals surface area contributed by atoms with Gasteiger partial charge in [0.15, 0.2) is 0 Å². The molecule has 1 aliphatic rings. The van der Waals surface area contributed by atoms with Crippen LogP contribution in [0.2, 0.25) is 0 Å². The van der Waals surface area contributed by atoms with Crippen LogP contribution in [0.1, 0.15) is 26.7 Å². The van der Waals surface area contributed by atoms with Gasteiger partial charge >= 0.3 is 0 Å². The lowest BCUT2D eigenvalue weighted by atomic mass is 9.82. The number of hydrogen-bond donors (Lipinski definition) is 1. The first-order valence-electron chi connectivity index (χ1n) is 6.55. The molecule has 1 fully saturated rings. The minimum atomic E-state index is 0.0155. The zero-order valence-corrected chi connectivity index (χ0v) is 11.9. The minimum absolute atomic E-state index is 0.0155. The fourth-order valence-electron chi connectivity index (χ4n) is 2.61. The average Bonchev–Trinajstić information content (AvgIpc) is 3.16. The summed E-state index contributed by atoms with van der Waals surface area (Å²) in [4.78, 5) is 2.32. The molecule has 0 heterocycles. The first-order valence-corrected chi connectivity index (χ1v) is 6.55. The van der Waals surface area contributed by atoms with Crippen LogP contribution in [-0.2, 0) is 0 Å². The molecule has 1 atom stereocenters. The van der Waals surface area contributed by atoms with Crippen LogP contribution in [0, 0.1) is 5.41 Å². The number of rotatable bonds is 5. The maximum atomic E-state index is 6.06. The summed E-state index contributed by atoms with van der Waals surface area (Å²) in [6.45, 7) is 5.27. The van der Waals surface area contributed by atoms with Gasteiger partial charge in [-0.1, -0.05) is 6.92 Å². The zero-order chi connectivity index (χ0) is 13.4. The summed E-state index contributed by atoms with van der Waals surface area (Å²) in [5.41, 5.74) is 7.61. The van der Waals surface area contributed by atoms with Crippen molar-refractivity contribution in [2.24, 2.45) is 11.1 Å². The van der Waals surface area contributed by atoms with Gasteiger partial charge in [-0.25, -0.2) is 0 Å². The van der Waals surface area contributed by atoms with Crippen molar-refractivity contribution in [1.82, 2.24) is 0 Å². The van der Waals surface area contributed by atoms with Crippen LogP contribution >= 0.6 is 0 Å². The van der Waals surface area contributed by atoms with Gasteiger partial charge in [-0.05, 0) is 49.4 Å². The summed E-state index contributed by atoms with van der Waals surface area (Å²) in [5.74, 6) is 0.888. The summed E-state index contributed by atoms with van der Waals surface area (Å²) in [7, 11) is 3.83. The quantitative estimate of drug-likeness (QED) is 0.870. The lowest BCUT2D eigenvalue weighted by Gasteiger charge is -2.45. The normalized spacial score (nSPS) is 20.1. The first-order chi connectivity index (χ1) is 8.47. The molecule has 0 aliphatic heterocycles. The van der Waals surface area contributed by atoms with Gasteiger partial charge in [-0.2, -0.15) is 0 Å². The predicted octanol–water partition coefficient (Wildman–Crippen LogP) is 2.65. The van der Waals surface area contributed by atoms with E-state index in [-0.39, 0.29) is 5.54 Å². The largest absolute Gasteiger partial charge is 0.497 e. The Bertz CT molecular complexity index is 411. The van der Waals surface area contributed by atoms with E-state index < -0.39 is 0 Å². The molecule has 0 radical (unpaired) electrons. The number of nitrogens with two attached hydrogens (primary N) is 1. The van der Waals surface area contributed by atoms with Crippen LogP contribution in [0.25, 0.3) is 0 Å². The Kier molecular flexibility index (Phi) is 3.28. The second-order valence-corrected chi connectivity index (χ2v) is 5.80. The SMILES string of the molecule is COc1ccc(N(C)C(C)(CN)C2(C)CC2)cc1. The highest BCUT2D eigenvalue weighted by Gasteiger charge is 2.54. The van der Waals surface area contributed by atoms with Gasteiger partial charge in [0.1, 0.15) is 5.75 Å². The van der Waals surface area contributed by atoms with E-state index in [9.17, 15) is 0 Å². The minimum Gasteiger partial charge on any atom is -0.497 e. The van der Waals surface area contributed by atoms with Crippen molar-refractivity contribution in [2.45, 2.75) is 32.2 Å². The number of ether oxygens (including phenoxy) is 1. The maximum absolute atomic E-state index is 6.06. The highest BCUT2D eigenvalue weighted by Crippen LogP contribution is 2.55. The molecule has 18 heavy (non-hydrogen) atoms. The molecule has 2 rings (SSSR count). The summed E-state index contributed by atoms with van der Waals surface area (Å²) in [6.07, 6.45) is 2.53. The molecular weight excluding hydrogens is 224 g/mol.